The van der Waals surface area contributed by atoms with Gasteiger partial charge in [0.1, 0.15) is 4.83 Å². The lowest BCUT2D eigenvalue weighted by Gasteiger charge is -2.18. The van der Waals surface area contributed by atoms with Gasteiger partial charge in [-0.2, -0.15) is 0 Å². The first-order valence-electron chi connectivity index (χ1n) is 11.3. The fraction of sp³-hybridized carbons (Fsp3) is 0.478. The Bertz CT molecular complexity index is 1330. The number of furan rings is 1. The van der Waals surface area contributed by atoms with Crippen LogP contribution in [0.2, 0.25) is 0 Å². The number of rotatable bonds is 6. The third kappa shape index (κ3) is 4.04. The number of fused-ring (bicyclic) bond motifs is 3. The van der Waals surface area contributed by atoms with E-state index in [1.807, 2.05) is 0 Å². The summed E-state index contributed by atoms with van der Waals surface area (Å²) in [5, 5.41) is 9.68. The molecule has 1 aliphatic carbocycles. The molecule has 10 heteroatoms. The van der Waals surface area contributed by atoms with Gasteiger partial charge in [0, 0.05) is 11.5 Å². The molecule has 4 aromatic rings. The lowest BCUT2D eigenvalue weighted by Crippen LogP contribution is -2.29. The number of hydrogen-bond donors (Lipinski definition) is 0. The topological polar surface area (TPSA) is 96.2 Å². The fourth-order valence-corrected chi connectivity index (χ4v) is 6.88. The molecule has 2 aliphatic rings. The van der Waals surface area contributed by atoms with Crippen LogP contribution in [0.3, 0.4) is 0 Å². The molecular formula is C23H24N4O4S2. The third-order valence-electron chi connectivity index (χ3n) is 6.31. The molecule has 5 heterocycles. The molecule has 1 aliphatic heterocycles. The average molecular weight is 485 g/mol. The molecule has 0 aromatic carbocycles. The Balaban J connectivity index is 1.35. The maximum absolute atomic E-state index is 13.7. The molecule has 33 heavy (non-hydrogen) atoms. The normalized spacial score (nSPS) is 20.5. The van der Waals surface area contributed by atoms with Crippen molar-refractivity contribution >= 4 is 33.3 Å². The Labute approximate surface area is 198 Å². The second-order valence-corrected chi connectivity index (χ2v) is 10.8. The van der Waals surface area contributed by atoms with Crippen molar-refractivity contribution in [1.82, 2.24) is 19.7 Å². The molecule has 0 bridgehead atoms. The monoisotopic (exact) mass is 484 g/mol. The molecule has 0 radical (unpaired) electrons. The van der Waals surface area contributed by atoms with Gasteiger partial charge in [-0.1, -0.05) is 18.7 Å². The Hall–Kier alpha value is -2.43. The summed E-state index contributed by atoms with van der Waals surface area (Å²) >= 11 is 3.12. The fourth-order valence-electron chi connectivity index (χ4n) is 4.61. The van der Waals surface area contributed by atoms with Crippen LogP contribution in [-0.2, 0) is 29.9 Å². The molecule has 0 amide bonds. The zero-order valence-electron chi connectivity index (χ0n) is 18.3. The largest absolute Gasteiger partial charge is 0.459 e. The molecule has 4 aromatic heterocycles. The van der Waals surface area contributed by atoms with Crippen molar-refractivity contribution in [3.8, 4) is 11.7 Å². The van der Waals surface area contributed by atoms with Crippen LogP contribution >= 0.6 is 23.1 Å². The Morgan fingerprint density at radius 2 is 2.24 bits per heavy atom. The van der Waals surface area contributed by atoms with Gasteiger partial charge in [-0.25, -0.2) is 4.98 Å². The zero-order valence-corrected chi connectivity index (χ0v) is 19.9. The van der Waals surface area contributed by atoms with Crippen LogP contribution in [0.25, 0.3) is 21.9 Å². The van der Waals surface area contributed by atoms with Crippen LogP contribution in [0.4, 0.5) is 0 Å². The van der Waals surface area contributed by atoms with Crippen LogP contribution in [-0.4, -0.2) is 32.5 Å². The lowest BCUT2D eigenvalue weighted by molar-refractivity contribution is 0.0937. The highest BCUT2D eigenvalue weighted by Gasteiger charge is 2.26. The standard InChI is InChI=1S/C23H24N4O4S2/c1-13-6-7-15-17(10-13)33-21-19(15)22(28)27(11-14-4-2-8-29-14)23(24-21)32-12-18-25-26-20(31-18)16-5-3-9-30-16/h3,5,9,13-14H,2,4,6-8,10-12H2,1H3. The van der Waals surface area contributed by atoms with Gasteiger partial charge in [-0.15, -0.1) is 21.5 Å². The molecule has 2 unspecified atom stereocenters. The average Bonchev–Trinajstić information content (AvgIpc) is 3.60. The number of nitrogens with zero attached hydrogens (tertiary/aromatic N) is 4. The first-order chi connectivity index (χ1) is 16.2. The molecule has 1 fully saturated rings. The van der Waals surface area contributed by atoms with Crippen molar-refractivity contribution in [2.45, 2.75) is 62.6 Å². The van der Waals surface area contributed by atoms with Gasteiger partial charge in [-0.3, -0.25) is 9.36 Å². The minimum Gasteiger partial charge on any atom is -0.459 e. The van der Waals surface area contributed by atoms with E-state index < -0.39 is 0 Å². The van der Waals surface area contributed by atoms with E-state index in [9.17, 15) is 4.79 Å². The lowest BCUT2D eigenvalue weighted by atomic mass is 9.89. The summed E-state index contributed by atoms with van der Waals surface area (Å²) in [7, 11) is 0. The first kappa shape index (κ1) is 21.1. The minimum atomic E-state index is 0.0461. The quantitative estimate of drug-likeness (QED) is 0.287. The van der Waals surface area contributed by atoms with E-state index in [2.05, 4.69) is 17.1 Å². The molecule has 172 valence electrons. The van der Waals surface area contributed by atoms with E-state index in [0.29, 0.717) is 40.9 Å². The maximum Gasteiger partial charge on any atom is 0.283 e. The smallest absolute Gasteiger partial charge is 0.283 e. The molecule has 8 nitrogen and oxygen atoms in total. The Morgan fingerprint density at radius 3 is 3.06 bits per heavy atom. The highest BCUT2D eigenvalue weighted by atomic mass is 32.2. The van der Waals surface area contributed by atoms with Crippen molar-refractivity contribution < 1.29 is 13.6 Å². The second-order valence-electron chi connectivity index (χ2n) is 8.74. The number of aryl methyl sites for hydroxylation is 1. The number of thiophene rings is 1. The molecular weight excluding hydrogens is 460 g/mol. The van der Waals surface area contributed by atoms with Crippen LogP contribution in [0.1, 0.15) is 42.5 Å². The van der Waals surface area contributed by atoms with E-state index in [0.717, 1.165) is 48.9 Å². The van der Waals surface area contributed by atoms with Crippen LogP contribution in [0.15, 0.2) is 37.2 Å². The summed E-state index contributed by atoms with van der Waals surface area (Å²) in [5.41, 5.74) is 1.26. The van der Waals surface area contributed by atoms with Crippen molar-refractivity contribution in [2.75, 3.05) is 6.61 Å². The highest BCUT2D eigenvalue weighted by molar-refractivity contribution is 7.98. The van der Waals surface area contributed by atoms with Gasteiger partial charge >= 0.3 is 0 Å². The summed E-state index contributed by atoms with van der Waals surface area (Å²) in [6.07, 6.45) is 6.71. The summed E-state index contributed by atoms with van der Waals surface area (Å²) in [6, 6.07) is 3.55. The van der Waals surface area contributed by atoms with Gasteiger partial charge in [-0.05, 0) is 55.7 Å². The molecule has 0 saturated carbocycles. The summed E-state index contributed by atoms with van der Waals surface area (Å²) in [4.78, 5) is 20.8. The van der Waals surface area contributed by atoms with Crippen LogP contribution in [0, 0.1) is 5.92 Å². The van der Waals surface area contributed by atoms with Gasteiger partial charge in [0.2, 0.25) is 5.89 Å². The molecule has 0 spiro atoms. The van der Waals surface area contributed by atoms with E-state index in [1.54, 1.807) is 34.3 Å². The Kier molecular flexibility index (Phi) is 5.59. The molecule has 2 atom stereocenters. The van der Waals surface area contributed by atoms with Gasteiger partial charge in [0.15, 0.2) is 10.9 Å². The third-order valence-corrected chi connectivity index (χ3v) is 8.42. The highest BCUT2D eigenvalue weighted by Crippen LogP contribution is 2.37. The summed E-state index contributed by atoms with van der Waals surface area (Å²) in [5.74, 6) is 2.40. The second kappa shape index (κ2) is 8.73. The zero-order chi connectivity index (χ0) is 22.4. The van der Waals surface area contributed by atoms with E-state index in [1.165, 1.54) is 22.2 Å². The van der Waals surface area contributed by atoms with E-state index >= 15 is 0 Å². The SMILES string of the molecule is CC1CCc2c(sc3nc(SCc4nnc(-c5ccco5)o4)n(CC4CCCO4)c(=O)c23)C1. The molecule has 0 N–H and O–H groups in total. The van der Waals surface area contributed by atoms with Crippen LogP contribution in [0.5, 0.6) is 0 Å². The van der Waals surface area contributed by atoms with Crippen molar-refractivity contribution in [2.24, 2.45) is 5.92 Å². The van der Waals surface area contributed by atoms with Gasteiger partial charge in [0.05, 0.1) is 30.1 Å². The predicted molar refractivity (Wildman–Crippen MR) is 126 cm³/mol. The number of aromatic nitrogens is 4. The minimum absolute atomic E-state index is 0.0461. The van der Waals surface area contributed by atoms with Crippen LogP contribution < -0.4 is 5.56 Å². The molecule has 1 saturated heterocycles. The van der Waals surface area contributed by atoms with Gasteiger partial charge < -0.3 is 13.6 Å². The number of ether oxygens (including phenoxy) is 1. The van der Waals surface area contributed by atoms with Gasteiger partial charge in [0.25, 0.3) is 11.4 Å². The molecule has 6 rings (SSSR count). The van der Waals surface area contributed by atoms with Crippen molar-refractivity contribution in [3.05, 3.63) is 45.1 Å². The van der Waals surface area contributed by atoms with Crippen molar-refractivity contribution in [3.63, 3.8) is 0 Å². The first-order valence-corrected chi connectivity index (χ1v) is 13.1. The number of thioether (sulfide) groups is 1. The maximum atomic E-state index is 13.7. The van der Waals surface area contributed by atoms with E-state index in [4.69, 9.17) is 18.6 Å². The predicted octanol–water partition coefficient (Wildman–Crippen LogP) is 4.70. The summed E-state index contributed by atoms with van der Waals surface area (Å²) < 4.78 is 18.7. The van der Waals surface area contributed by atoms with E-state index in [-0.39, 0.29) is 11.7 Å². The Morgan fingerprint density at radius 1 is 1.30 bits per heavy atom. The summed E-state index contributed by atoms with van der Waals surface area (Å²) in [6.45, 7) is 3.55. The number of hydrogen-bond acceptors (Lipinski definition) is 9. The van der Waals surface area contributed by atoms with Crippen molar-refractivity contribution in [1.29, 1.82) is 0 Å².